The minimum atomic E-state index is -2.41. The lowest BCUT2D eigenvalue weighted by molar-refractivity contribution is 0.130. The van der Waals surface area contributed by atoms with Crippen molar-refractivity contribution < 1.29 is 13.5 Å². The third kappa shape index (κ3) is 2.34. The largest absolute Gasteiger partial charge is 0.481 e. The first-order valence-electron chi connectivity index (χ1n) is 4.17. The normalized spacial score (nSPS) is 13.0. The first-order valence-corrected chi connectivity index (χ1v) is 4.17. The van der Waals surface area contributed by atoms with Crippen LogP contribution in [0, 0.1) is 0 Å². The van der Waals surface area contributed by atoms with E-state index >= 15 is 0 Å². The summed E-state index contributed by atoms with van der Waals surface area (Å²) < 4.78 is 30.8. The molecule has 80 valence electrons. The molecule has 0 fully saturated rings. The van der Waals surface area contributed by atoms with E-state index in [1.165, 1.54) is 18.7 Å². The Morgan fingerprint density at radius 2 is 2.21 bits per heavy atom. The minimum Gasteiger partial charge on any atom is -0.481 e. The first kappa shape index (κ1) is 10.7. The standard InChI is InChI=1S/C8H13F2N3O/c1-5(8(9)10)11-6-4-7(14-3)13(2)12-6/h4-5,8H,1-3H3,(H,11,12). The molecule has 1 rings (SSSR count). The minimum absolute atomic E-state index is 0.386. The molecule has 1 unspecified atom stereocenters. The van der Waals surface area contributed by atoms with Gasteiger partial charge in [0.2, 0.25) is 5.88 Å². The van der Waals surface area contributed by atoms with Crippen LogP contribution in [-0.2, 0) is 7.05 Å². The zero-order valence-electron chi connectivity index (χ0n) is 8.29. The van der Waals surface area contributed by atoms with Crippen LogP contribution in [-0.4, -0.2) is 29.4 Å². The van der Waals surface area contributed by atoms with Crippen molar-refractivity contribution in [1.82, 2.24) is 9.78 Å². The molecule has 14 heavy (non-hydrogen) atoms. The number of ether oxygens (including phenoxy) is 1. The Balaban J connectivity index is 2.68. The Morgan fingerprint density at radius 3 is 2.64 bits per heavy atom. The molecule has 0 bridgehead atoms. The maximum atomic E-state index is 12.2. The van der Waals surface area contributed by atoms with Crippen molar-refractivity contribution >= 4 is 5.82 Å². The van der Waals surface area contributed by atoms with Crippen molar-refractivity contribution in [2.45, 2.75) is 19.4 Å². The summed E-state index contributed by atoms with van der Waals surface area (Å²) in [6, 6.07) is 0.647. The average Bonchev–Trinajstić information content (AvgIpc) is 2.45. The van der Waals surface area contributed by atoms with Gasteiger partial charge >= 0.3 is 0 Å². The van der Waals surface area contributed by atoms with Gasteiger partial charge in [-0.05, 0) is 6.92 Å². The Labute approximate surface area is 80.9 Å². The molecule has 1 N–H and O–H groups in total. The Hall–Kier alpha value is -1.33. The van der Waals surface area contributed by atoms with Gasteiger partial charge in [0.15, 0.2) is 5.82 Å². The van der Waals surface area contributed by atoms with Gasteiger partial charge < -0.3 is 10.1 Å². The molecular formula is C8H13F2N3O. The summed E-state index contributed by atoms with van der Waals surface area (Å²) in [7, 11) is 3.17. The van der Waals surface area contributed by atoms with Crippen molar-refractivity contribution in [3.63, 3.8) is 0 Å². The van der Waals surface area contributed by atoms with Crippen LogP contribution >= 0.6 is 0 Å². The van der Waals surface area contributed by atoms with Gasteiger partial charge in [-0.1, -0.05) is 0 Å². The van der Waals surface area contributed by atoms with Gasteiger partial charge in [0, 0.05) is 13.1 Å². The number of nitrogens with zero attached hydrogens (tertiary/aromatic N) is 2. The Bertz CT molecular complexity index is 301. The topological polar surface area (TPSA) is 39.1 Å². The van der Waals surface area contributed by atoms with Gasteiger partial charge in [-0.25, -0.2) is 13.5 Å². The number of aromatic nitrogens is 2. The molecule has 0 amide bonds. The molecule has 1 aromatic heterocycles. The van der Waals surface area contributed by atoms with Crippen LogP contribution in [0.15, 0.2) is 6.07 Å². The molecule has 0 saturated heterocycles. The molecule has 0 aromatic carbocycles. The number of rotatable bonds is 4. The maximum Gasteiger partial charge on any atom is 0.258 e. The summed E-state index contributed by atoms with van der Waals surface area (Å²) in [6.45, 7) is 1.39. The smallest absolute Gasteiger partial charge is 0.258 e. The molecule has 0 aliphatic rings. The molecule has 0 aliphatic carbocycles. The summed E-state index contributed by atoms with van der Waals surface area (Å²) in [5, 5.41) is 6.53. The summed E-state index contributed by atoms with van der Waals surface area (Å²) in [6.07, 6.45) is -2.41. The van der Waals surface area contributed by atoms with Gasteiger partial charge in [-0.3, -0.25) is 0 Å². The highest BCUT2D eigenvalue weighted by atomic mass is 19.3. The third-order valence-corrected chi connectivity index (χ3v) is 1.80. The third-order valence-electron chi connectivity index (χ3n) is 1.80. The highest BCUT2D eigenvalue weighted by Gasteiger charge is 2.15. The van der Waals surface area contributed by atoms with Crippen molar-refractivity contribution in [2.24, 2.45) is 7.05 Å². The predicted molar refractivity (Wildman–Crippen MR) is 48.8 cm³/mol. The number of halogens is 2. The molecule has 6 heteroatoms. The van der Waals surface area contributed by atoms with Crippen LogP contribution in [0.2, 0.25) is 0 Å². The highest BCUT2D eigenvalue weighted by molar-refractivity contribution is 5.39. The lowest BCUT2D eigenvalue weighted by Crippen LogP contribution is -2.24. The number of alkyl halides is 2. The fourth-order valence-corrected chi connectivity index (χ4v) is 1.01. The van der Waals surface area contributed by atoms with E-state index in [9.17, 15) is 8.78 Å². The number of nitrogens with one attached hydrogen (secondary N) is 1. The van der Waals surface area contributed by atoms with E-state index in [4.69, 9.17) is 4.74 Å². The molecule has 0 aliphatic heterocycles. The van der Waals surface area contributed by atoms with Crippen LogP contribution < -0.4 is 10.1 Å². The lowest BCUT2D eigenvalue weighted by Gasteiger charge is -2.10. The summed E-state index contributed by atoms with van der Waals surface area (Å²) in [5.74, 6) is 0.908. The number of aryl methyl sites for hydroxylation is 1. The van der Waals surface area contributed by atoms with E-state index in [0.29, 0.717) is 11.7 Å². The fourth-order valence-electron chi connectivity index (χ4n) is 1.01. The van der Waals surface area contributed by atoms with Crippen molar-refractivity contribution in [3.8, 4) is 5.88 Å². The van der Waals surface area contributed by atoms with Gasteiger partial charge in [0.05, 0.1) is 13.2 Å². The van der Waals surface area contributed by atoms with Crippen molar-refractivity contribution in [1.29, 1.82) is 0 Å². The zero-order chi connectivity index (χ0) is 10.7. The quantitative estimate of drug-likeness (QED) is 0.809. The maximum absolute atomic E-state index is 12.2. The molecule has 0 saturated carbocycles. The van der Waals surface area contributed by atoms with E-state index in [1.54, 1.807) is 13.1 Å². The van der Waals surface area contributed by atoms with Crippen LogP contribution in [0.25, 0.3) is 0 Å². The Kier molecular flexibility index (Phi) is 3.27. The first-order chi connectivity index (χ1) is 6.54. The average molecular weight is 205 g/mol. The van der Waals surface area contributed by atoms with E-state index in [-0.39, 0.29) is 0 Å². The van der Waals surface area contributed by atoms with E-state index in [0.717, 1.165) is 0 Å². The zero-order valence-corrected chi connectivity index (χ0v) is 8.29. The second-order valence-corrected chi connectivity index (χ2v) is 2.96. The van der Waals surface area contributed by atoms with E-state index < -0.39 is 12.5 Å². The highest BCUT2D eigenvalue weighted by Crippen LogP contribution is 2.17. The van der Waals surface area contributed by atoms with Gasteiger partial charge in [0.1, 0.15) is 0 Å². The van der Waals surface area contributed by atoms with Gasteiger partial charge in [-0.15, -0.1) is 0 Å². The second-order valence-electron chi connectivity index (χ2n) is 2.96. The van der Waals surface area contributed by atoms with E-state index in [1.807, 2.05) is 0 Å². The number of methoxy groups -OCH3 is 1. The lowest BCUT2D eigenvalue weighted by atomic mass is 10.3. The van der Waals surface area contributed by atoms with Crippen LogP contribution in [0.3, 0.4) is 0 Å². The van der Waals surface area contributed by atoms with Gasteiger partial charge in [-0.2, -0.15) is 5.10 Å². The molecule has 1 atom stereocenters. The number of anilines is 1. The molecule has 1 aromatic rings. The molecule has 0 spiro atoms. The van der Waals surface area contributed by atoms with Crippen LogP contribution in [0.5, 0.6) is 5.88 Å². The SMILES string of the molecule is COc1cc(NC(C)C(F)F)nn1C. The fraction of sp³-hybridized carbons (Fsp3) is 0.625. The molecular weight excluding hydrogens is 192 g/mol. The summed E-state index contributed by atoms with van der Waals surface area (Å²) in [5.41, 5.74) is 0. The Morgan fingerprint density at radius 1 is 1.57 bits per heavy atom. The predicted octanol–water partition coefficient (Wildman–Crippen LogP) is 1.49. The monoisotopic (exact) mass is 205 g/mol. The number of hydrogen-bond acceptors (Lipinski definition) is 3. The summed E-state index contributed by atoms with van der Waals surface area (Å²) >= 11 is 0. The summed E-state index contributed by atoms with van der Waals surface area (Å²) in [4.78, 5) is 0. The molecule has 1 heterocycles. The molecule has 0 radical (unpaired) electrons. The number of hydrogen-bond donors (Lipinski definition) is 1. The van der Waals surface area contributed by atoms with E-state index in [2.05, 4.69) is 10.4 Å². The molecule has 4 nitrogen and oxygen atoms in total. The van der Waals surface area contributed by atoms with Crippen molar-refractivity contribution in [2.75, 3.05) is 12.4 Å². The van der Waals surface area contributed by atoms with Crippen LogP contribution in [0.1, 0.15) is 6.92 Å². The van der Waals surface area contributed by atoms with Crippen molar-refractivity contribution in [3.05, 3.63) is 6.07 Å². The second kappa shape index (κ2) is 4.26. The van der Waals surface area contributed by atoms with Crippen LogP contribution in [0.4, 0.5) is 14.6 Å². The van der Waals surface area contributed by atoms with Gasteiger partial charge in [0.25, 0.3) is 6.43 Å².